The van der Waals surface area contributed by atoms with E-state index in [9.17, 15) is 0 Å². The summed E-state index contributed by atoms with van der Waals surface area (Å²) in [6.45, 7) is 6.57. The second kappa shape index (κ2) is 18.3. The Balaban J connectivity index is 2.94. The van der Waals surface area contributed by atoms with Crippen LogP contribution in [0.25, 0.3) is 0 Å². The molecule has 0 unspecified atom stereocenters. The van der Waals surface area contributed by atoms with Gasteiger partial charge >= 0.3 is 0 Å². The minimum Gasteiger partial charge on any atom is -0.493 e. The summed E-state index contributed by atoms with van der Waals surface area (Å²) >= 11 is 0. The first-order valence-corrected chi connectivity index (χ1v) is 8.87. The van der Waals surface area contributed by atoms with Gasteiger partial charge in [-0.1, -0.05) is 103 Å². The van der Waals surface area contributed by atoms with Crippen molar-refractivity contribution in [2.24, 2.45) is 0 Å². The van der Waals surface area contributed by atoms with E-state index in [-0.39, 0.29) is 0 Å². The minimum atomic E-state index is 0.820. The molecule has 0 heterocycles. The molecule has 0 aromatic carbocycles. The van der Waals surface area contributed by atoms with Crippen LogP contribution in [0.15, 0.2) is 18.6 Å². The van der Waals surface area contributed by atoms with Crippen LogP contribution in [0.4, 0.5) is 0 Å². The summed E-state index contributed by atoms with van der Waals surface area (Å²) in [6.07, 6.45) is 21.1. The monoisotopic (exact) mass is 280 g/mol. The molecule has 1 heteroatoms. The summed E-state index contributed by atoms with van der Waals surface area (Å²) in [6, 6.07) is 0. The van der Waals surface area contributed by atoms with Crippen LogP contribution in [0.2, 0.25) is 0 Å². The van der Waals surface area contributed by atoms with Gasteiger partial charge < -0.3 is 4.74 Å². The van der Waals surface area contributed by atoms with Crippen LogP contribution < -0.4 is 0 Å². The Morgan fingerprint density at radius 2 is 1.10 bits per heavy atom. The SMILES string of the molecule is C=C=COCCCCCCCCCCCCCCCC. The number of unbranched alkanes of at least 4 members (excludes halogenated alkanes) is 13. The zero-order chi connectivity index (χ0) is 14.7. The van der Waals surface area contributed by atoms with Gasteiger partial charge in [0.05, 0.1) is 6.61 Å². The highest BCUT2D eigenvalue weighted by atomic mass is 16.5. The lowest BCUT2D eigenvalue weighted by atomic mass is 10.0. The second-order valence-electron chi connectivity index (χ2n) is 5.79. The Kier molecular flexibility index (Phi) is 17.7. The van der Waals surface area contributed by atoms with Gasteiger partial charge in [0.2, 0.25) is 0 Å². The van der Waals surface area contributed by atoms with Crippen molar-refractivity contribution in [1.82, 2.24) is 0 Å². The highest BCUT2D eigenvalue weighted by Crippen LogP contribution is 2.12. The summed E-state index contributed by atoms with van der Waals surface area (Å²) in [7, 11) is 0. The Bertz CT molecular complexity index is 216. The molecule has 118 valence electrons. The fraction of sp³-hybridized carbons (Fsp3) is 0.842. The largest absolute Gasteiger partial charge is 0.493 e. The molecule has 0 aliphatic heterocycles. The maximum Gasteiger partial charge on any atom is 0.124 e. The van der Waals surface area contributed by atoms with Crippen LogP contribution in [0.5, 0.6) is 0 Å². The fourth-order valence-electron chi connectivity index (χ4n) is 2.50. The molecule has 0 N–H and O–H groups in total. The van der Waals surface area contributed by atoms with Crippen molar-refractivity contribution in [3.05, 3.63) is 18.6 Å². The van der Waals surface area contributed by atoms with Gasteiger partial charge in [0.1, 0.15) is 6.26 Å². The van der Waals surface area contributed by atoms with Crippen LogP contribution in [0.1, 0.15) is 96.8 Å². The summed E-state index contributed by atoms with van der Waals surface area (Å²) in [5.74, 6) is 0. The van der Waals surface area contributed by atoms with Crippen molar-refractivity contribution in [3.63, 3.8) is 0 Å². The maximum absolute atomic E-state index is 5.19. The molecule has 0 saturated carbocycles. The Morgan fingerprint density at radius 3 is 1.50 bits per heavy atom. The summed E-state index contributed by atoms with van der Waals surface area (Å²) in [5.41, 5.74) is 2.62. The predicted octanol–water partition coefficient (Wildman–Crippen LogP) is 6.78. The van der Waals surface area contributed by atoms with Gasteiger partial charge in [-0.25, -0.2) is 0 Å². The van der Waals surface area contributed by atoms with Gasteiger partial charge in [0.25, 0.3) is 0 Å². The summed E-state index contributed by atoms with van der Waals surface area (Å²) < 4.78 is 5.19. The number of hydrogen-bond donors (Lipinski definition) is 0. The molecule has 0 amide bonds. The molecule has 0 atom stereocenters. The number of rotatable bonds is 16. The normalized spacial score (nSPS) is 10.2. The van der Waals surface area contributed by atoms with Crippen molar-refractivity contribution in [1.29, 1.82) is 0 Å². The van der Waals surface area contributed by atoms with Crippen molar-refractivity contribution in [2.45, 2.75) is 96.8 Å². The maximum atomic E-state index is 5.19. The standard InChI is InChI=1S/C19H36O/c1-3-5-6-7-8-9-10-11-12-13-14-15-16-17-19-20-18-4-2/h18H,2-3,5-17,19H2,1H3. The summed E-state index contributed by atoms with van der Waals surface area (Å²) in [5, 5.41) is 0. The third-order valence-electron chi connectivity index (χ3n) is 3.78. The van der Waals surface area contributed by atoms with Crippen molar-refractivity contribution in [3.8, 4) is 0 Å². The van der Waals surface area contributed by atoms with Crippen LogP contribution in [0.3, 0.4) is 0 Å². The molecular weight excluding hydrogens is 244 g/mol. The van der Waals surface area contributed by atoms with E-state index < -0.39 is 0 Å². The molecule has 0 aliphatic rings. The molecule has 20 heavy (non-hydrogen) atoms. The quantitative estimate of drug-likeness (QED) is 0.172. The molecule has 0 aliphatic carbocycles. The molecular formula is C19H36O. The van der Waals surface area contributed by atoms with Gasteiger partial charge in [-0.15, -0.1) is 0 Å². The minimum absolute atomic E-state index is 0.820. The van der Waals surface area contributed by atoms with Crippen LogP contribution >= 0.6 is 0 Å². The Labute approximate surface area is 127 Å². The third kappa shape index (κ3) is 17.3. The van der Waals surface area contributed by atoms with E-state index in [0.717, 1.165) is 13.0 Å². The van der Waals surface area contributed by atoms with Crippen LogP contribution in [0, 0.1) is 0 Å². The smallest absolute Gasteiger partial charge is 0.124 e. The Morgan fingerprint density at radius 1 is 0.700 bits per heavy atom. The number of ether oxygens (including phenoxy) is 1. The molecule has 0 fully saturated rings. The highest BCUT2D eigenvalue weighted by molar-refractivity contribution is 4.63. The first-order chi connectivity index (χ1) is 9.91. The van der Waals surface area contributed by atoms with Gasteiger partial charge in [-0.05, 0) is 6.42 Å². The van der Waals surface area contributed by atoms with Gasteiger partial charge in [0, 0.05) is 0 Å². The molecule has 1 nitrogen and oxygen atoms in total. The third-order valence-corrected chi connectivity index (χ3v) is 3.78. The first kappa shape index (κ1) is 19.3. The highest BCUT2D eigenvalue weighted by Gasteiger charge is 1.93. The zero-order valence-electron chi connectivity index (χ0n) is 13.8. The van der Waals surface area contributed by atoms with Gasteiger partial charge in [0.15, 0.2) is 0 Å². The van der Waals surface area contributed by atoms with E-state index in [1.807, 2.05) is 0 Å². The van der Waals surface area contributed by atoms with Gasteiger partial charge in [-0.2, -0.15) is 0 Å². The lowest BCUT2D eigenvalue weighted by Crippen LogP contribution is -1.88. The van der Waals surface area contributed by atoms with Crippen molar-refractivity contribution >= 4 is 0 Å². The molecule has 0 rings (SSSR count). The van der Waals surface area contributed by atoms with Crippen LogP contribution in [-0.2, 0) is 4.74 Å². The summed E-state index contributed by atoms with van der Waals surface area (Å²) in [4.78, 5) is 0. The van der Waals surface area contributed by atoms with E-state index in [0.29, 0.717) is 0 Å². The molecule has 0 aromatic heterocycles. The van der Waals surface area contributed by atoms with E-state index in [1.165, 1.54) is 83.5 Å². The lowest BCUT2D eigenvalue weighted by Gasteiger charge is -2.03. The fourth-order valence-corrected chi connectivity index (χ4v) is 2.50. The van der Waals surface area contributed by atoms with E-state index in [2.05, 4.69) is 19.2 Å². The number of hydrogen-bond acceptors (Lipinski definition) is 1. The molecule has 0 bridgehead atoms. The molecule has 0 spiro atoms. The Hall–Kier alpha value is -0.680. The van der Waals surface area contributed by atoms with Crippen molar-refractivity contribution in [2.75, 3.05) is 6.61 Å². The average Bonchev–Trinajstić information content (AvgIpc) is 2.47. The zero-order valence-corrected chi connectivity index (χ0v) is 13.8. The van der Waals surface area contributed by atoms with E-state index in [4.69, 9.17) is 4.74 Å². The molecule has 0 radical (unpaired) electrons. The van der Waals surface area contributed by atoms with Gasteiger partial charge in [-0.3, -0.25) is 0 Å². The van der Waals surface area contributed by atoms with E-state index in [1.54, 1.807) is 6.26 Å². The van der Waals surface area contributed by atoms with Crippen molar-refractivity contribution < 1.29 is 4.74 Å². The second-order valence-corrected chi connectivity index (χ2v) is 5.79. The van der Waals surface area contributed by atoms with E-state index >= 15 is 0 Å². The molecule has 0 saturated heterocycles. The predicted molar refractivity (Wildman–Crippen MR) is 90.0 cm³/mol. The molecule has 0 aromatic rings. The first-order valence-electron chi connectivity index (χ1n) is 8.87. The topological polar surface area (TPSA) is 9.23 Å². The average molecular weight is 280 g/mol. The lowest BCUT2D eigenvalue weighted by molar-refractivity contribution is 0.241. The van der Waals surface area contributed by atoms with Crippen LogP contribution in [-0.4, -0.2) is 6.61 Å².